The zero-order valence-corrected chi connectivity index (χ0v) is 10.6. The SMILES string of the molecule is COC(=O)C(C)c1oc(-c2ccccc2)nc1C. The molecule has 1 aromatic carbocycles. The number of aromatic nitrogens is 1. The van der Waals surface area contributed by atoms with Gasteiger partial charge < -0.3 is 9.15 Å². The Labute approximate surface area is 106 Å². The van der Waals surface area contributed by atoms with Gasteiger partial charge in [0, 0.05) is 5.56 Å². The number of carbonyl (C=O) groups is 1. The molecule has 1 heterocycles. The smallest absolute Gasteiger partial charge is 0.316 e. The van der Waals surface area contributed by atoms with Gasteiger partial charge in [-0.3, -0.25) is 4.79 Å². The molecule has 0 N–H and O–H groups in total. The van der Waals surface area contributed by atoms with Crippen molar-refractivity contribution in [3.05, 3.63) is 41.8 Å². The van der Waals surface area contributed by atoms with E-state index in [1.54, 1.807) is 6.92 Å². The highest BCUT2D eigenvalue weighted by atomic mass is 16.5. The van der Waals surface area contributed by atoms with Crippen LogP contribution < -0.4 is 0 Å². The van der Waals surface area contributed by atoms with Crippen molar-refractivity contribution in [2.24, 2.45) is 0 Å². The van der Waals surface area contributed by atoms with Gasteiger partial charge in [-0.2, -0.15) is 0 Å². The van der Waals surface area contributed by atoms with Gasteiger partial charge in [-0.1, -0.05) is 18.2 Å². The molecule has 0 fully saturated rings. The molecule has 2 rings (SSSR count). The fourth-order valence-electron chi connectivity index (χ4n) is 1.80. The molecule has 4 nitrogen and oxygen atoms in total. The molecule has 1 atom stereocenters. The summed E-state index contributed by atoms with van der Waals surface area (Å²) in [4.78, 5) is 15.8. The third-order valence-electron chi connectivity index (χ3n) is 2.80. The van der Waals surface area contributed by atoms with Gasteiger partial charge in [0.15, 0.2) is 0 Å². The number of methoxy groups -OCH3 is 1. The first kappa shape index (κ1) is 12.4. The van der Waals surface area contributed by atoms with Gasteiger partial charge in [0.1, 0.15) is 11.7 Å². The maximum atomic E-state index is 11.5. The van der Waals surface area contributed by atoms with Gasteiger partial charge in [0.2, 0.25) is 5.89 Å². The fraction of sp³-hybridized carbons (Fsp3) is 0.286. The number of benzene rings is 1. The largest absolute Gasteiger partial charge is 0.468 e. The molecule has 0 saturated heterocycles. The number of ether oxygens (including phenoxy) is 1. The molecule has 0 aliphatic carbocycles. The fourth-order valence-corrected chi connectivity index (χ4v) is 1.80. The summed E-state index contributed by atoms with van der Waals surface area (Å²) in [6.45, 7) is 3.57. The highest BCUT2D eigenvalue weighted by Gasteiger charge is 2.23. The van der Waals surface area contributed by atoms with Crippen LogP contribution in [0.15, 0.2) is 34.7 Å². The number of carbonyl (C=O) groups excluding carboxylic acids is 1. The van der Waals surface area contributed by atoms with Crippen molar-refractivity contribution < 1.29 is 13.9 Å². The maximum Gasteiger partial charge on any atom is 0.316 e. The van der Waals surface area contributed by atoms with E-state index < -0.39 is 5.92 Å². The van der Waals surface area contributed by atoms with Gasteiger partial charge in [-0.15, -0.1) is 0 Å². The number of oxazole rings is 1. The molecule has 1 unspecified atom stereocenters. The Morgan fingerprint density at radius 2 is 2.00 bits per heavy atom. The minimum absolute atomic E-state index is 0.325. The lowest BCUT2D eigenvalue weighted by molar-refractivity contribution is -0.142. The van der Waals surface area contributed by atoms with E-state index in [1.807, 2.05) is 37.3 Å². The summed E-state index contributed by atoms with van der Waals surface area (Å²) in [6.07, 6.45) is 0. The van der Waals surface area contributed by atoms with E-state index in [0.29, 0.717) is 17.3 Å². The Bertz CT molecular complexity index is 545. The molecule has 18 heavy (non-hydrogen) atoms. The quantitative estimate of drug-likeness (QED) is 0.780. The van der Waals surface area contributed by atoms with Crippen molar-refractivity contribution in [1.29, 1.82) is 0 Å². The van der Waals surface area contributed by atoms with Crippen LogP contribution in [0.3, 0.4) is 0 Å². The Morgan fingerprint density at radius 3 is 2.61 bits per heavy atom. The van der Waals surface area contributed by atoms with Crippen molar-refractivity contribution in [2.45, 2.75) is 19.8 Å². The first-order valence-electron chi connectivity index (χ1n) is 5.74. The normalized spacial score (nSPS) is 12.2. The van der Waals surface area contributed by atoms with E-state index in [4.69, 9.17) is 9.15 Å². The van der Waals surface area contributed by atoms with Crippen LogP contribution in [0.5, 0.6) is 0 Å². The highest BCUT2D eigenvalue weighted by Crippen LogP contribution is 2.27. The van der Waals surface area contributed by atoms with Crippen molar-refractivity contribution >= 4 is 5.97 Å². The van der Waals surface area contributed by atoms with E-state index in [1.165, 1.54) is 7.11 Å². The molecule has 0 aliphatic heterocycles. The summed E-state index contributed by atoms with van der Waals surface area (Å²) in [5.74, 6) is 0.313. The number of nitrogens with zero attached hydrogens (tertiary/aromatic N) is 1. The minimum Gasteiger partial charge on any atom is -0.468 e. The molecule has 0 bridgehead atoms. The molecule has 0 saturated carbocycles. The van der Waals surface area contributed by atoms with Crippen LogP contribution in [-0.2, 0) is 9.53 Å². The van der Waals surface area contributed by atoms with Gasteiger partial charge >= 0.3 is 5.97 Å². The second kappa shape index (κ2) is 5.04. The Hall–Kier alpha value is -2.10. The summed E-state index contributed by atoms with van der Waals surface area (Å²) < 4.78 is 10.4. The average Bonchev–Trinajstić information content (AvgIpc) is 2.80. The summed E-state index contributed by atoms with van der Waals surface area (Å²) in [5.41, 5.74) is 1.61. The molecule has 4 heteroatoms. The van der Waals surface area contributed by atoms with E-state index in [-0.39, 0.29) is 5.97 Å². The average molecular weight is 245 g/mol. The molecule has 0 aliphatic rings. The Kier molecular flexibility index (Phi) is 3.46. The number of aryl methyl sites for hydroxylation is 1. The van der Waals surface area contributed by atoms with Crippen LogP contribution in [0.2, 0.25) is 0 Å². The highest BCUT2D eigenvalue weighted by molar-refractivity contribution is 5.77. The topological polar surface area (TPSA) is 52.3 Å². The lowest BCUT2D eigenvalue weighted by Crippen LogP contribution is -2.10. The molecule has 0 radical (unpaired) electrons. The maximum absolute atomic E-state index is 11.5. The van der Waals surface area contributed by atoms with Crippen molar-refractivity contribution in [1.82, 2.24) is 4.98 Å². The predicted molar refractivity (Wildman–Crippen MR) is 67.1 cm³/mol. The van der Waals surface area contributed by atoms with Gasteiger partial charge in [-0.25, -0.2) is 4.98 Å². The zero-order valence-electron chi connectivity index (χ0n) is 10.6. The third kappa shape index (κ3) is 2.27. The van der Waals surface area contributed by atoms with E-state index in [2.05, 4.69) is 4.98 Å². The van der Waals surface area contributed by atoms with Gasteiger partial charge in [0.25, 0.3) is 0 Å². The van der Waals surface area contributed by atoms with Crippen molar-refractivity contribution in [3.63, 3.8) is 0 Å². The summed E-state index contributed by atoms with van der Waals surface area (Å²) in [7, 11) is 1.36. The number of hydrogen-bond acceptors (Lipinski definition) is 4. The van der Waals surface area contributed by atoms with Crippen molar-refractivity contribution in [3.8, 4) is 11.5 Å². The van der Waals surface area contributed by atoms with Crippen LogP contribution >= 0.6 is 0 Å². The third-order valence-corrected chi connectivity index (χ3v) is 2.80. The van der Waals surface area contributed by atoms with Crippen LogP contribution in [0.1, 0.15) is 24.3 Å². The van der Waals surface area contributed by atoms with Crippen LogP contribution in [-0.4, -0.2) is 18.1 Å². The first-order valence-corrected chi connectivity index (χ1v) is 5.74. The van der Waals surface area contributed by atoms with E-state index in [0.717, 1.165) is 5.56 Å². The van der Waals surface area contributed by atoms with Gasteiger partial charge in [0.05, 0.1) is 12.8 Å². The molecular formula is C14H15NO3. The molecule has 94 valence electrons. The first-order chi connectivity index (χ1) is 8.63. The lowest BCUT2D eigenvalue weighted by atomic mass is 10.1. The second-order valence-corrected chi connectivity index (χ2v) is 4.08. The molecule has 0 amide bonds. The number of rotatable bonds is 3. The lowest BCUT2D eigenvalue weighted by Gasteiger charge is -2.05. The van der Waals surface area contributed by atoms with Crippen molar-refractivity contribution in [2.75, 3.05) is 7.11 Å². The molecular weight excluding hydrogens is 230 g/mol. The van der Waals surface area contributed by atoms with Crippen LogP contribution in [0, 0.1) is 6.92 Å². The Balaban J connectivity index is 2.36. The summed E-state index contributed by atoms with van der Waals surface area (Å²) >= 11 is 0. The number of hydrogen-bond donors (Lipinski definition) is 0. The molecule has 1 aromatic heterocycles. The second-order valence-electron chi connectivity index (χ2n) is 4.08. The number of esters is 1. The van der Waals surface area contributed by atoms with E-state index in [9.17, 15) is 4.79 Å². The van der Waals surface area contributed by atoms with Crippen LogP contribution in [0.4, 0.5) is 0 Å². The zero-order chi connectivity index (χ0) is 13.1. The minimum atomic E-state index is -0.444. The molecule has 2 aromatic rings. The van der Waals surface area contributed by atoms with E-state index >= 15 is 0 Å². The Morgan fingerprint density at radius 1 is 1.33 bits per heavy atom. The van der Waals surface area contributed by atoms with Gasteiger partial charge in [-0.05, 0) is 26.0 Å². The summed E-state index contributed by atoms with van der Waals surface area (Å²) in [6, 6.07) is 9.59. The summed E-state index contributed by atoms with van der Waals surface area (Å²) in [5, 5.41) is 0. The standard InChI is InChI=1S/C14H15NO3/c1-9(14(16)17-3)12-10(2)15-13(18-12)11-7-5-4-6-8-11/h4-9H,1-3H3. The predicted octanol–water partition coefficient (Wildman–Crippen LogP) is 2.93. The molecule has 0 spiro atoms. The monoisotopic (exact) mass is 245 g/mol. The van der Waals surface area contributed by atoms with Crippen LogP contribution in [0.25, 0.3) is 11.5 Å².